The largest absolute Gasteiger partial charge is 0.507 e. The molecule has 16 heteroatoms. The SMILES string of the molecule is CO[C@H]1C=CO[C@@]2(C)Oc3c(C)c(O)c4c(O)c(cc(OCC(=O)O)c4c3C2=O)NC(=O)/C(C)=C\C=C/[C@@](C)(O)C(=O)[C@@H](C)[C@@H](O)[C@@H](C)[C@H](OC(C)=O)[C@@H]1C. The van der Waals surface area contributed by atoms with Crippen LogP contribution in [0.2, 0.25) is 0 Å². The summed E-state index contributed by atoms with van der Waals surface area (Å²) in [7, 11) is 1.37. The number of aliphatic carboxylic acids is 1. The van der Waals surface area contributed by atoms with Gasteiger partial charge in [-0.1, -0.05) is 32.9 Å². The zero-order valence-electron chi connectivity index (χ0n) is 32.0. The van der Waals surface area contributed by atoms with Gasteiger partial charge in [-0.15, -0.1) is 0 Å². The molecular formula is C39H47NO15. The average molecular weight is 770 g/mol. The van der Waals surface area contributed by atoms with E-state index in [4.69, 9.17) is 23.7 Å². The lowest BCUT2D eigenvalue weighted by Crippen LogP contribution is -2.48. The molecule has 0 radical (unpaired) electrons. The number of rotatable bonds is 5. The lowest BCUT2D eigenvalue weighted by Gasteiger charge is -2.37. The van der Waals surface area contributed by atoms with Gasteiger partial charge in [-0.05, 0) is 32.9 Å². The number of nitrogens with one attached hydrogen (secondary N) is 1. The Morgan fingerprint density at radius 2 is 1.67 bits per heavy atom. The van der Waals surface area contributed by atoms with Gasteiger partial charge in [-0.2, -0.15) is 0 Å². The van der Waals surface area contributed by atoms with Gasteiger partial charge in [0.2, 0.25) is 0 Å². The molecule has 55 heavy (non-hydrogen) atoms. The Morgan fingerprint density at radius 1 is 1.02 bits per heavy atom. The van der Waals surface area contributed by atoms with E-state index in [0.29, 0.717) is 0 Å². The average Bonchev–Trinajstić information content (AvgIpc) is 3.38. The standard InChI is InChI=1S/C39H47NO15/c1-17-11-10-13-38(7,50)35(47)21(5)30(44)19(3)33(54-22(6)41)18(2)24(51-9)12-14-53-39(8)36(48)29-27-25(52-16-26(42)43)15-23(40-37(17)49)32(46)28(27)31(45)20(4)34(29)55-39/h10-15,18-19,21,24,30,33,44-46,50H,16H2,1-9H3,(H,40,49)(H,42,43)/b13-10-,14-12?,17-11-/t18-,19-,21+,24+,30+,33-,38-,39+/m1/s1. The van der Waals surface area contributed by atoms with Crippen molar-refractivity contribution in [2.24, 2.45) is 17.8 Å². The summed E-state index contributed by atoms with van der Waals surface area (Å²) in [5.74, 6) is -11.0. The number of hydrogen-bond donors (Lipinski definition) is 6. The first-order valence-corrected chi connectivity index (χ1v) is 17.4. The fourth-order valence-electron chi connectivity index (χ4n) is 6.77. The second-order valence-corrected chi connectivity index (χ2v) is 14.2. The van der Waals surface area contributed by atoms with Crippen molar-refractivity contribution in [1.29, 1.82) is 0 Å². The van der Waals surface area contributed by atoms with Crippen LogP contribution in [0.15, 0.2) is 42.2 Å². The monoisotopic (exact) mass is 769 g/mol. The van der Waals surface area contributed by atoms with Crippen molar-refractivity contribution in [2.45, 2.75) is 85.1 Å². The number of esters is 1. The molecule has 0 aromatic heterocycles. The van der Waals surface area contributed by atoms with Crippen LogP contribution in [-0.2, 0) is 33.4 Å². The molecule has 3 aliphatic heterocycles. The van der Waals surface area contributed by atoms with E-state index >= 15 is 0 Å². The lowest BCUT2D eigenvalue weighted by atomic mass is 9.78. The maximum atomic E-state index is 14.2. The number of aromatic hydroxyl groups is 2. The Labute approximate surface area is 317 Å². The first-order chi connectivity index (χ1) is 25.6. The van der Waals surface area contributed by atoms with Crippen LogP contribution in [-0.4, -0.2) is 98.4 Å². The molecular weight excluding hydrogens is 722 g/mol. The molecule has 0 aliphatic carbocycles. The van der Waals surface area contributed by atoms with Crippen LogP contribution in [0.5, 0.6) is 23.0 Å². The maximum Gasteiger partial charge on any atom is 0.341 e. The zero-order chi connectivity index (χ0) is 41.3. The topological polar surface area (TPSA) is 245 Å². The van der Waals surface area contributed by atoms with Gasteiger partial charge in [0.25, 0.3) is 11.7 Å². The number of anilines is 1. The number of aliphatic hydroxyl groups excluding tert-OH is 1. The van der Waals surface area contributed by atoms with Crippen molar-refractivity contribution < 1.29 is 73.2 Å². The Kier molecular flexibility index (Phi) is 12.4. The number of ketones is 2. The number of benzene rings is 2. The molecule has 0 spiro atoms. The minimum Gasteiger partial charge on any atom is -0.507 e. The molecule has 0 unspecified atom stereocenters. The number of carboxylic acids is 1. The quantitative estimate of drug-likeness (QED) is 0.187. The van der Waals surface area contributed by atoms with E-state index in [-0.39, 0.29) is 44.7 Å². The number of ether oxygens (including phenoxy) is 5. The van der Waals surface area contributed by atoms with Crippen LogP contribution in [0.1, 0.15) is 64.4 Å². The Morgan fingerprint density at radius 3 is 2.27 bits per heavy atom. The normalized spacial score (nSPS) is 30.6. The maximum absolute atomic E-state index is 14.2. The van der Waals surface area contributed by atoms with Crippen molar-refractivity contribution in [3.63, 3.8) is 0 Å². The number of carboxylic acid groups (broad SMARTS) is 1. The Bertz CT molecular complexity index is 2000. The van der Waals surface area contributed by atoms with E-state index in [0.717, 1.165) is 18.4 Å². The third kappa shape index (κ3) is 8.30. The number of allylic oxidation sites excluding steroid dienone is 2. The van der Waals surface area contributed by atoms with Crippen LogP contribution in [0.25, 0.3) is 10.8 Å². The van der Waals surface area contributed by atoms with E-state index in [1.54, 1.807) is 13.8 Å². The van der Waals surface area contributed by atoms with Gasteiger partial charge in [0.05, 0.1) is 35.1 Å². The molecule has 8 atom stereocenters. The second kappa shape index (κ2) is 16.1. The van der Waals surface area contributed by atoms with E-state index in [9.17, 15) is 49.5 Å². The lowest BCUT2D eigenvalue weighted by molar-refractivity contribution is -0.160. The Balaban J connectivity index is 1.95. The molecule has 2 aromatic rings. The molecule has 16 nitrogen and oxygen atoms in total. The van der Waals surface area contributed by atoms with Crippen molar-refractivity contribution in [3.8, 4) is 23.0 Å². The summed E-state index contributed by atoms with van der Waals surface area (Å²) in [5, 5.41) is 56.7. The molecule has 6 N–H and O–H groups in total. The van der Waals surface area contributed by atoms with Gasteiger partial charge in [-0.25, -0.2) is 4.79 Å². The highest BCUT2D eigenvalue weighted by Gasteiger charge is 2.50. The summed E-state index contributed by atoms with van der Waals surface area (Å²) in [5.41, 5.74) is -2.66. The highest BCUT2D eigenvalue weighted by atomic mass is 16.7. The second-order valence-electron chi connectivity index (χ2n) is 14.2. The third-order valence-electron chi connectivity index (χ3n) is 9.99. The molecule has 5 rings (SSSR count). The predicted molar refractivity (Wildman–Crippen MR) is 196 cm³/mol. The van der Waals surface area contributed by atoms with Gasteiger partial charge in [0.15, 0.2) is 18.1 Å². The molecule has 1 amide bonds. The molecule has 5 bridgehead atoms. The van der Waals surface area contributed by atoms with Crippen molar-refractivity contribution in [1.82, 2.24) is 0 Å². The summed E-state index contributed by atoms with van der Waals surface area (Å²) in [6.07, 6.45) is 2.81. The summed E-state index contributed by atoms with van der Waals surface area (Å²) in [4.78, 5) is 64.8. The molecule has 0 saturated carbocycles. The van der Waals surface area contributed by atoms with Gasteiger partial charge >= 0.3 is 17.7 Å². The van der Waals surface area contributed by atoms with Crippen LogP contribution >= 0.6 is 0 Å². The van der Waals surface area contributed by atoms with Gasteiger partial charge < -0.3 is 54.5 Å². The summed E-state index contributed by atoms with van der Waals surface area (Å²) in [6.45, 7) is 10.2. The number of phenolic OH excluding ortho intramolecular Hbond substituents is 2. The Hall–Kier alpha value is -5.45. The minimum absolute atomic E-state index is 0.00200. The number of carbonyl (C=O) groups excluding carboxylic acids is 4. The van der Waals surface area contributed by atoms with Crippen LogP contribution in [0.4, 0.5) is 5.69 Å². The van der Waals surface area contributed by atoms with Crippen LogP contribution < -0.4 is 14.8 Å². The number of fused-ring (bicyclic) bond motifs is 14. The zero-order valence-corrected chi connectivity index (χ0v) is 32.0. The van der Waals surface area contributed by atoms with Gasteiger partial charge in [0.1, 0.15) is 29.0 Å². The first kappa shape index (κ1) is 42.3. The molecule has 0 fully saturated rings. The molecule has 0 saturated heterocycles. The van der Waals surface area contributed by atoms with Crippen molar-refractivity contribution in [3.05, 3.63) is 53.3 Å². The summed E-state index contributed by atoms with van der Waals surface area (Å²) in [6, 6.07) is 1.08. The first-order valence-electron chi connectivity index (χ1n) is 17.4. The highest BCUT2D eigenvalue weighted by molar-refractivity contribution is 6.21. The van der Waals surface area contributed by atoms with Crippen molar-refractivity contribution in [2.75, 3.05) is 19.0 Å². The van der Waals surface area contributed by atoms with Crippen LogP contribution in [0, 0.1) is 24.7 Å². The number of amides is 1. The van der Waals surface area contributed by atoms with E-state index in [2.05, 4.69) is 5.32 Å². The van der Waals surface area contributed by atoms with Gasteiger partial charge in [0, 0.05) is 61.3 Å². The smallest absolute Gasteiger partial charge is 0.341 e. The molecule has 3 aliphatic rings. The highest BCUT2D eigenvalue weighted by Crippen LogP contribution is 2.54. The number of Topliss-reactive ketones (excluding diaryl/α,β-unsaturated/α-hetero) is 2. The van der Waals surface area contributed by atoms with E-state index in [1.165, 1.54) is 66.9 Å². The minimum atomic E-state index is -2.13. The van der Waals surface area contributed by atoms with Crippen LogP contribution in [0.3, 0.4) is 0 Å². The number of aliphatic hydroxyl groups is 2. The number of hydrogen-bond acceptors (Lipinski definition) is 14. The third-order valence-corrected chi connectivity index (χ3v) is 9.99. The van der Waals surface area contributed by atoms with E-state index in [1.807, 2.05) is 0 Å². The van der Waals surface area contributed by atoms with Crippen molar-refractivity contribution >= 4 is 45.9 Å². The number of methoxy groups -OCH3 is 1. The number of phenols is 2. The summed E-state index contributed by atoms with van der Waals surface area (Å²) >= 11 is 0. The molecule has 298 valence electrons. The fraction of sp³-hybridized carbons (Fsp3) is 0.462. The summed E-state index contributed by atoms with van der Waals surface area (Å²) < 4.78 is 28.7. The predicted octanol–water partition coefficient (Wildman–Crippen LogP) is 3.84. The fourth-order valence-corrected chi connectivity index (χ4v) is 6.77. The molecule has 3 heterocycles. The van der Waals surface area contributed by atoms with E-state index < -0.39 is 95.0 Å². The van der Waals surface area contributed by atoms with Gasteiger partial charge in [-0.3, -0.25) is 19.2 Å². The molecule has 2 aromatic carbocycles. The number of carbonyl (C=O) groups is 5.